The molecule has 2 aromatic carbocycles. The first kappa shape index (κ1) is 23.2. The van der Waals surface area contributed by atoms with E-state index in [2.05, 4.69) is 14.0 Å². The minimum atomic E-state index is -6.16. The predicted octanol–water partition coefficient (Wildman–Crippen LogP) is 3.52. The van der Waals surface area contributed by atoms with Crippen molar-refractivity contribution < 1.29 is 48.4 Å². The number of halogens is 6. The SMILES string of the molecule is COc1cccc2c(OS(=O)(=O)C(F)(F)F)nn(-c3ccc(OC(F)(F)F)cc3)c(=O)c12. The van der Waals surface area contributed by atoms with Gasteiger partial charge in [-0.15, -0.1) is 18.3 Å². The van der Waals surface area contributed by atoms with Gasteiger partial charge in [0.15, 0.2) is 0 Å². The van der Waals surface area contributed by atoms with Crippen molar-refractivity contribution in [1.29, 1.82) is 0 Å². The van der Waals surface area contributed by atoms with Crippen LogP contribution in [-0.4, -0.2) is 37.2 Å². The van der Waals surface area contributed by atoms with Gasteiger partial charge in [-0.2, -0.15) is 26.3 Å². The van der Waals surface area contributed by atoms with Crippen molar-refractivity contribution in [2.45, 2.75) is 11.9 Å². The lowest BCUT2D eigenvalue weighted by Crippen LogP contribution is -2.30. The molecule has 0 aliphatic heterocycles. The molecule has 15 heteroatoms. The van der Waals surface area contributed by atoms with Crippen LogP contribution in [0.25, 0.3) is 16.5 Å². The lowest BCUT2D eigenvalue weighted by molar-refractivity contribution is -0.274. The molecule has 0 bridgehead atoms. The fourth-order valence-corrected chi connectivity index (χ4v) is 3.00. The molecule has 0 radical (unpaired) electrons. The van der Waals surface area contributed by atoms with Crippen LogP contribution >= 0.6 is 0 Å². The summed E-state index contributed by atoms with van der Waals surface area (Å²) in [6.07, 6.45) is -4.99. The summed E-state index contributed by atoms with van der Waals surface area (Å²) in [6.45, 7) is 0. The van der Waals surface area contributed by atoms with Crippen LogP contribution < -0.4 is 19.2 Å². The van der Waals surface area contributed by atoms with Gasteiger partial charge in [-0.25, -0.2) is 0 Å². The number of fused-ring (bicyclic) bond motifs is 1. The Morgan fingerprint density at radius 1 is 0.969 bits per heavy atom. The zero-order chi connectivity index (χ0) is 23.9. The Kier molecular flexibility index (Phi) is 5.71. The third kappa shape index (κ3) is 4.56. The third-order valence-electron chi connectivity index (χ3n) is 3.86. The molecule has 0 aliphatic carbocycles. The van der Waals surface area contributed by atoms with E-state index in [1.807, 2.05) is 0 Å². The van der Waals surface area contributed by atoms with Gasteiger partial charge in [0.2, 0.25) is 0 Å². The van der Waals surface area contributed by atoms with E-state index in [0.29, 0.717) is 4.68 Å². The number of rotatable bonds is 5. The first-order chi connectivity index (χ1) is 14.7. The highest BCUT2D eigenvalue weighted by Crippen LogP contribution is 2.32. The summed E-state index contributed by atoms with van der Waals surface area (Å²) in [7, 11) is -5.02. The molecular formula is C17H10F6N2O6S. The van der Waals surface area contributed by atoms with Crippen molar-refractivity contribution in [3.05, 3.63) is 52.8 Å². The minimum Gasteiger partial charge on any atom is -0.496 e. The van der Waals surface area contributed by atoms with Crippen LogP contribution in [0.15, 0.2) is 47.3 Å². The molecular weight excluding hydrogens is 474 g/mol. The Hall–Kier alpha value is -3.49. The highest BCUT2D eigenvalue weighted by atomic mass is 32.2. The lowest BCUT2D eigenvalue weighted by atomic mass is 10.1. The molecule has 3 aromatic rings. The van der Waals surface area contributed by atoms with Crippen LogP contribution in [0.5, 0.6) is 17.4 Å². The van der Waals surface area contributed by atoms with Crippen LogP contribution in [0.2, 0.25) is 0 Å². The molecule has 32 heavy (non-hydrogen) atoms. The number of alkyl halides is 6. The summed E-state index contributed by atoms with van der Waals surface area (Å²) in [4.78, 5) is 12.9. The fourth-order valence-electron chi connectivity index (χ4n) is 2.57. The zero-order valence-corrected chi connectivity index (χ0v) is 16.4. The highest BCUT2D eigenvalue weighted by molar-refractivity contribution is 7.88. The van der Waals surface area contributed by atoms with Crippen LogP contribution in [0.4, 0.5) is 26.3 Å². The second-order valence-electron chi connectivity index (χ2n) is 5.93. The maximum Gasteiger partial charge on any atom is 0.573 e. The molecule has 0 aliphatic rings. The van der Waals surface area contributed by atoms with Crippen LogP contribution in [0.3, 0.4) is 0 Å². The van der Waals surface area contributed by atoms with Gasteiger partial charge in [0.05, 0.1) is 23.6 Å². The number of methoxy groups -OCH3 is 1. The predicted molar refractivity (Wildman–Crippen MR) is 96.2 cm³/mol. The number of aromatic nitrogens is 2. The van der Waals surface area contributed by atoms with Crippen molar-refractivity contribution in [2.24, 2.45) is 0 Å². The average Bonchev–Trinajstić information content (AvgIpc) is 2.68. The maximum atomic E-state index is 12.9. The largest absolute Gasteiger partial charge is 0.573 e. The minimum absolute atomic E-state index is 0.144. The molecule has 0 amide bonds. The van der Waals surface area contributed by atoms with Gasteiger partial charge >= 0.3 is 22.0 Å². The van der Waals surface area contributed by atoms with E-state index in [1.165, 1.54) is 12.1 Å². The molecule has 172 valence electrons. The molecule has 3 rings (SSSR count). The summed E-state index contributed by atoms with van der Waals surface area (Å²) in [5, 5.41) is 2.74. The molecule has 0 spiro atoms. The molecule has 0 saturated carbocycles. The molecule has 0 saturated heterocycles. The van der Waals surface area contributed by atoms with E-state index in [4.69, 9.17) is 4.74 Å². The Balaban J connectivity index is 2.24. The zero-order valence-electron chi connectivity index (χ0n) is 15.6. The van der Waals surface area contributed by atoms with Crippen molar-refractivity contribution in [2.75, 3.05) is 7.11 Å². The number of nitrogens with zero attached hydrogens (tertiary/aromatic N) is 2. The monoisotopic (exact) mass is 484 g/mol. The standard InChI is InChI=1S/C17H10F6N2O6S/c1-29-12-4-2-3-11-13(12)15(26)25(24-14(11)31-32(27,28)17(21,22)23)9-5-7-10(8-6-9)30-16(18,19)20/h2-8H,1H3. The van der Waals surface area contributed by atoms with Crippen LogP contribution in [0, 0.1) is 0 Å². The van der Waals surface area contributed by atoms with E-state index >= 15 is 0 Å². The summed E-state index contributed by atoms with van der Waals surface area (Å²) >= 11 is 0. The highest BCUT2D eigenvalue weighted by Gasteiger charge is 2.49. The van der Waals surface area contributed by atoms with Crippen molar-refractivity contribution in [3.63, 3.8) is 0 Å². The van der Waals surface area contributed by atoms with Crippen molar-refractivity contribution in [3.8, 4) is 23.1 Å². The molecule has 0 unspecified atom stereocenters. The van der Waals surface area contributed by atoms with E-state index in [-0.39, 0.29) is 16.8 Å². The van der Waals surface area contributed by atoms with E-state index in [0.717, 1.165) is 37.4 Å². The van der Waals surface area contributed by atoms with Gasteiger partial charge in [-0.3, -0.25) is 4.79 Å². The van der Waals surface area contributed by atoms with Crippen molar-refractivity contribution in [1.82, 2.24) is 9.78 Å². The van der Waals surface area contributed by atoms with E-state index < -0.39 is 44.6 Å². The van der Waals surface area contributed by atoms with E-state index in [9.17, 15) is 39.6 Å². The number of hydrogen-bond acceptors (Lipinski definition) is 7. The molecule has 1 aromatic heterocycles. The van der Waals surface area contributed by atoms with Gasteiger partial charge in [0.25, 0.3) is 11.4 Å². The van der Waals surface area contributed by atoms with Gasteiger partial charge in [0.1, 0.15) is 11.5 Å². The lowest BCUT2D eigenvalue weighted by Gasteiger charge is -2.14. The molecule has 1 heterocycles. The Bertz CT molecular complexity index is 1320. The number of ether oxygens (including phenoxy) is 2. The van der Waals surface area contributed by atoms with Gasteiger partial charge in [-0.1, -0.05) is 6.07 Å². The first-order valence-corrected chi connectivity index (χ1v) is 9.61. The summed E-state index contributed by atoms with van der Waals surface area (Å²) in [5.74, 6) is -1.90. The molecule has 0 N–H and O–H groups in total. The summed E-state index contributed by atoms with van der Waals surface area (Å²) in [5.41, 5.74) is -7.00. The van der Waals surface area contributed by atoms with Gasteiger partial charge < -0.3 is 13.7 Å². The summed E-state index contributed by atoms with van der Waals surface area (Å²) < 4.78 is 112. The number of hydrogen-bond donors (Lipinski definition) is 0. The molecule has 0 fully saturated rings. The summed E-state index contributed by atoms with van der Waals surface area (Å²) in [6, 6.07) is 7.13. The normalized spacial score (nSPS) is 12.6. The Morgan fingerprint density at radius 3 is 2.12 bits per heavy atom. The van der Waals surface area contributed by atoms with Crippen LogP contribution in [-0.2, 0) is 10.1 Å². The quantitative estimate of drug-likeness (QED) is 0.311. The molecule has 8 nitrogen and oxygen atoms in total. The second kappa shape index (κ2) is 7.89. The topological polar surface area (TPSA) is 96.7 Å². The Labute approximate surface area is 174 Å². The van der Waals surface area contributed by atoms with E-state index in [1.54, 1.807) is 0 Å². The number of benzene rings is 2. The van der Waals surface area contributed by atoms with Gasteiger partial charge in [-0.05, 0) is 36.4 Å². The van der Waals surface area contributed by atoms with Crippen LogP contribution in [0.1, 0.15) is 0 Å². The fraction of sp³-hybridized carbons (Fsp3) is 0.176. The smallest absolute Gasteiger partial charge is 0.496 e. The third-order valence-corrected chi connectivity index (χ3v) is 4.80. The van der Waals surface area contributed by atoms with Gasteiger partial charge in [0, 0.05) is 0 Å². The first-order valence-electron chi connectivity index (χ1n) is 8.20. The van der Waals surface area contributed by atoms with Crippen molar-refractivity contribution >= 4 is 20.9 Å². The Morgan fingerprint density at radius 2 is 1.59 bits per heavy atom. The second-order valence-corrected chi connectivity index (χ2v) is 7.47. The molecule has 0 atom stereocenters. The average molecular weight is 484 g/mol. The maximum absolute atomic E-state index is 12.9.